The van der Waals surface area contributed by atoms with Crippen molar-refractivity contribution in [3.8, 4) is 0 Å². The fourth-order valence-electron chi connectivity index (χ4n) is 1.56. The Hall–Kier alpha value is -2.11. The number of carbonyl (C=O) groups excluding carboxylic acids is 2. The van der Waals surface area contributed by atoms with Gasteiger partial charge in [0, 0.05) is 18.7 Å². The molecule has 0 aliphatic heterocycles. The second-order valence-corrected chi connectivity index (χ2v) is 3.92. The van der Waals surface area contributed by atoms with Gasteiger partial charge in [0.05, 0.1) is 13.7 Å². The van der Waals surface area contributed by atoms with Crippen molar-refractivity contribution >= 4 is 11.9 Å². The fourth-order valence-corrected chi connectivity index (χ4v) is 1.56. The minimum Gasteiger partial charge on any atom is -0.467 e. The Balaban J connectivity index is 2.96. The van der Waals surface area contributed by atoms with Gasteiger partial charge in [0.25, 0.3) is 5.56 Å². The summed E-state index contributed by atoms with van der Waals surface area (Å²) in [4.78, 5) is 34.3. The van der Waals surface area contributed by atoms with Crippen LogP contribution in [0.4, 0.5) is 0 Å². The van der Waals surface area contributed by atoms with E-state index in [1.54, 1.807) is 25.3 Å². The summed E-state index contributed by atoms with van der Waals surface area (Å²) in [6.07, 6.45) is 1.56. The van der Waals surface area contributed by atoms with Crippen LogP contribution >= 0.6 is 0 Å². The van der Waals surface area contributed by atoms with Crippen LogP contribution in [0.2, 0.25) is 0 Å². The SMILES string of the molecule is COC(=O)C(Cn1cccc(C)c1=O)NC(C)=O. The lowest BCUT2D eigenvalue weighted by atomic mass is 10.2. The average molecular weight is 252 g/mol. The van der Waals surface area contributed by atoms with Crippen LogP contribution in [0.1, 0.15) is 12.5 Å². The van der Waals surface area contributed by atoms with Gasteiger partial charge in [-0.2, -0.15) is 0 Å². The Morgan fingerprint density at radius 1 is 1.50 bits per heavy atom. The first-order chi connectivity index (χ1) is 8.45. The zero-order valence-corrected chi connectivity index (χ0v) is 10.6. The first kappa shape index (κ1) is 14.0. The Labute approximate surface area is 105 Å². The van der Waals surface area contributed by atoms with Gasteiger partial charge in [0.1, 0.15) is 6.04 Å². The van der Waals surface area contributed by atoms with Crippen molar-refractivity contribution in [1.29, 1.82) is 0 Å². The van der Waals surface area contributed by atoms with Gasteiger partial charge < -0.3 is 14.6 Å². The average Bonchev–Trinajstić information content (AvgIpc) is 2.32. The van der Waals surface area contributed by atoms with Crippen molar-refractivity contribution in [2.75, 3.05) is 7.11 Å². The summed E-state index contributed by atoms with van der Waals surface area (Å²) in [5.74, 6) is -0.940. The highest BCUT2D eigenvalue weighted by molar-refractivity contribution is 5.83. The van der Waals surface area contributed by atoms with Crippen LogP contribution in [0.5, 0.6) is 0 Å². The first-order valence-corrected chi connectivity index (χ1v) is 5.46. The molecule has 0 saturated heterocycles. The maximum atomic E-state index is 11.8. The Bertz CT molecular complexity index is 507. The molecule has 1 unspecified atom stereocenters. The fraction of sp³-hybridized carbons (Fsp3) is 0.417. The van der Waals surface area contributed by atoms with Crippen LogP contribution in [-0.4, -0.2) is 29.6 Å². The third-order valence-corrected chi connectivity index (χ3v) is 2.45. The van der Waals surface area contributed by atoms with Gasteiger partial charge >= 0.3 is 5.97 Å². The van der Waals surface area contributed by atoms with E-state index in [0.717, 1.165) is 0 Å². The second-order valence-electron chi connectivity index (χ2n) is 3.92. The number of amides is 1. The Kier molecular flexibility index (Phi) is 4.65. The van der Waals surface area contributed by atoms with Crippen molar-refractivity contribution in [2.24, 2.45) is 0 Å². The van der Waals surface area contributed by atoms with Crippen LogP contribution < -0.4 is 10.9 Å². The Morgan fingerprint density at radius 2 is 2.17 bits per heavy atom. The number of methoxy groups -OCH3 is 1. The first-order valence-electron chi connectivity index (χ1n) is 5.46. The number of hydrogen-bond acceptors (Lipinski definition) is 4. The number of nitrogens with one attached hydrogen (secondary N) is 1. The molecule has 6 heteroatoms. The number of carbonyl (C=O) groups is 2. The zero-order valence-electron chi connectivity index (χ0n) is 10.6. The van der Waals surface area contributed by atoms with Gasteiger partial charge in [-0.15, -0.1) is 0 Å². The number of esters is 1. The highest BCUT2D eigenvalue weighted by Gasteiger charge is 2.21. The number of ether oxygens (including phenoxy) is 1. The molecule has 1 rings (SSSR count). The molecule has 0 aliphatic carbocycles. The standard InChI is InChI=1S/C12H16N2O4/c1-8-5-4-6-14(11(8)16)7-10(12(17)18-3)13-9(2)15/h4-6,10H,7H2,1-3H3,(H,13,15). The molecule has 0 fully saturated rings. The smallest absolute Gasteiger partial charge is 0.330 e. The van der Waals surface area contributed by atoms with Gasteiger partial charge in [-0.1, -0.05) is 6.07 Å². The third kappa shape index (κ3) is 3.44. The normalized spacial score (nSPS) is 11.7. The summed E-state index contributed by atoms with van der Waals surface area (Å²) >= 11 is 0. The monoisotopic (exact) mass is 252 g/mol. The number of nitrogens with zero attached hydrogens (tertiary/aromatic N) is 1. The predicted octanol–water partition coefficient (Wildman–Crippen LogP) is -0.166. The molecule has 0 spiro atoms. The second kappa shape index (κ2) is 6.00. The molecule has 98 valence electrons. The van der Waals surface area contributed by atoms with Crippen molar-refractivity contribution in [2.45, 2.75) is 26.4 Å². The van der Waals surface area contributed by atoms with Crippen molar-refractivity contribution in [1.82, 2.24) is 9.88 Å². The van der Waals surface area contributed by atoms with E-state index in [4.69, 9.17) is 0 Å². The summed E-state index contributed by atoms with van der Waals surface area (Å²) < 4.78 is 5.95. The van der Waals surface area contributed by atoms with E-state index in [-0.39, 0.29) is 18.0 Å². The van der Waals surface area contributed by atoms with Crippen LogP contribution in [0.3, 0.4) is 0 Å². The van der Waals surface area contributed by atoms with E-state index in [0.29, 0.717) is 5.56 Å². The lowest BCUT2D eigenvalue weighted by Crippen LogP contribution is -2.45. The highest BCUT2D eigenvalue weighted by atomic mass is 16.5. The molecule has 1 heterocycles. The van der Waals surface area contributed by atoms with E-state index in [2.05, 4.69) is 10.1 Å². The summed E-state index contributed by atoms with van der Waals surface area (Å²) in [6.45, 7) is 3.03. The lowest BCUT2D eigenvalue weighted by Gasteiger charge is -2.16. The molecule has 1 atom stereocenters. The molecular weight excluding hydrogens is 236 g/mol. The van der Waals surface area contributed by atoms with Crippen LogP contribution in [-0.2, 0) is 20.9 Å². The van der Waals surface area contributed by atoms with Crippen molar-refractivity contribution < 1.29 is 14.3 Å². The van der Waals surface area contributed by atoms with Crippen LogP contribution in [0.15, 0.2) is 23.1 Å². The molecule has 1 N–H and O–H groups in total. The molecule has 18 heavy (non-hydrogen) atoms. The molecule has 0 aliphatic rings. The predicted molar refractivity (Wildman–Crippen MR) is 65.1 cm³/mol. The minimum absolute atomic E-state index is 0.0484. The maximum Gasteiger partial charge on any atom is 0.330 e. The molecule has 1 amide bonds. The molecule has 1 aromatic heterocycles. The molecule has 0 radical (unpaired) electrons. The van der Waals surface area contributed by atoms with Gasteiger partial charge in [0.2, 0.25) is 5.91 Å². The number of rotatable bonds is 4. The van der Waals surface area contributed by atoms with Crippen molar-refractivity contribution in [3.63, 3.8) is 0 Å². The summed E-state index contributed by atoms with van der Waals surface area (Å²) in [5.41, 5.74) is 0.376. The lowest BCUT2D eigenvalue weighted by molar-refractivity contribution is -0.145. The topological polar surface area (TPSA) is 77.4 Å². The summed E-state index contributed by atoms with van der Waals surface area (Å²) in [7, 11) is 1.23. The number of aryl methyl sites for hydroxylation is 1. The molecular formula is C12H16N2O4. The zero-order chi connectivity index (χ0) is 13.7. The quantitative estimate of drug-likeness (QED) is 0.755. The van der Waals surface area contributed by atoms with E-state index in [1.165, 1.54) is 18.6 Å². The number of aromatic nitrogens is 1. The van der Waals surface area contributed by atoms with Gasteiger partial charge in [0.15, 0.2) is 0 Å². The maximum absolute atomic E-state index is 11.8. The molecule has 0 bridgehead atoms. The van der Waals surface area contributed by atoms with E-state index < -0.39 is 12.0 Å². The number of pyridine rings is 1. The third-order valence-electron chi connectivity index (χ3n) is 2.45. The van der Waals surface area contributed by atoms with Gasteiger partial charge in [-0.25, -0.2) is 4.79 Å². The minimum atomic E-state index is -0.869. The highest BCUT2D eigenvalue weighted by Crippen LogP contribution is 1.95. The molecule has 0 saturated carbocycles. The van der Waals surface area contributed by atoms with E-state index in [9.17, 15) is 14.4 Å². The largest absolute Gasteiger partial charge is 0.467 e. The summed E-state index contributed by atoms with van der Waals surface area (Å²) in [5, 5.41) is 2.45. The van der Waals surface area contributed by atoms with Crippen LogP contribution in [0, 0.1) is 6.92 Å². The van der Waals surface area contributed by atoms with Crippen LogP contribution in [0.25, 0.3) is 0 Å². The summed E-state index contributed by atoms with van der Waals surface area (Å²) in [6, 6.07) is 2.52. The molecule has 6 nitrogen and oxygen atoms in total. The van der Waals surface area contributed by atoms with Gasteiger partial charge in [-0.3, -0.25) is 9.59 Å². The van der Waals surface area contributed by atoms with Gasteiger partial charge in [-0.05, 0) is 13.0 Å². The van der Waals surface area contributed by atoms with Crippen molar-refractivity contribution in [3.05, 3.63) is 34.2 Å². The molecule has 0 aromatic carbocycles. The molecule has 1 aromatic rings. The van der Waals surface area contributed by atoms with E-state index in [1.807, 2.05) is 0 Å². The Morgan fingerprint density at radius 3 is 2.72 bits per heavy atom. The van der Waals surface area contributed by atoms with E-state index >= 15 is 0 Å². The number of hydrogen-bond donors (Lipinski definition) is 1.